The molecule has 1 N–H and O–H groups in total. The van der Waals surface area contributed by atoms with Gasteiger partial charge in [-0.3, -0.25) is 9.89 Å². The van der Waals surface area contributed by atoms with Crippen LogP contribution < -0.4 is 0 Å². The van der Waals surface area contributed by atoms with Gasteiger partial charge in [-0.15, -0.1) is 5.10 Å². The summed E-state index contributed by atoms with van der Waals surface area (Å²) in [5.41, 5.74) is 1.13. The minimum atomic E-state index is -3.58. The Morgan fingerprint density at radius 1 is 1.21 bits per heavy atom. The van der Waals surface area contributed by atoms with Crippen LogP contribution in [0.25, 0.3) is 0 Å². The van der Waals surface area contributed by atoms with Crippen LogP contribution in [-0.2, 0) is 10.0 Å². The number of fused-ring (bicyclic) bond motifs is 5. The number of H-pyrrole nitrogens is 1. The molecular formula is C18H20BrN5O3S. The van der Waals surface area contributed by atoms with Gasteiger partial charge in [0.2, 0.25) is 10.0 Å². The van der Waals surface area contributed by atoms with E-state index in [-0.39, 0.29) is 29.8 Å². The summed E-state index contributed by atoms with van der Waals surface area (Å²) < 4.78 is 29.5. The molecule has 28 heavy (non-hydrogen) atoms. The maximum Gasteiger partial charge on any atom is 0.273 e. The molecule has 3 fully saturated rings. The Labute approximate surface area is 171 Å². The summed E-state index contributed by atoms with van der Waals surface area (Å²) in [5.74, 6) is 0.248. The number of rotatable bonds is 3. The standard InChI is InChI=1S/C18H20BrN5O3S/c1-10-2-3-11(19)6-17(10)28(26,27)24-15-4-5-16(24)13-9-23(8-12(13)15)18(25)14-7-20-22-21-14/h2-3,6-7,12-13,15-16H,4-5,8-9H2,1H3,(H,20,21,22)/t12-,13+,15+,16-. The predicted molar refractivity (Wildman–Crippen MR) is 104 cm³/mol. The number of aromatic nitrogens is 3. The predicted octanol–water partition coefficient (Wildman–Crippen LogP) is 1.80. The lowest BCUT2D eigenvalue weighted by Crippen LogP contribution is -2.41. The number of hydrogen-bond donors (Lipinski definition) is 1. The molecule has 0 spiro atoms. The van der Waals surface area contributed by atoms with Gasteiger partial charge in [-0.25, -0.2) is 8.42 Å². The minimum absolute atomic E-state index is 0.0453. The molecule has 2 bridgehead atoms. The van der Waals surface area contributed by atoms with Crippen molar-refractivity contribution in [2.75, 3.05) is 13.1 Å². The quantitative estimate of drug-likeness (QED) is 0.744. The molecule has 1 aromatic carbocycles. The van der Waals surface area contributed by atoms with E-state index in [4.69, 9.17) is 0 Å². The normalized spacial score (nSPS) is 29.4. The fraction of sp³-hybridized carbons (Fsp3) is 0.500. The molecule has 3 saturated heterocycles. The number of carbonyl (C=O) groups is 1. The first kappa shape index (κ1) is 18.3. The molecule has 1 amide bonds. The van der Waals surface area contributed by atoms with Crippen LogP contribution in [0, 0.1) is 18.8 Å². The SMILES string of the molecule is Cc1ccc(Br)cc1S(=O)(=O)N1[C@@H]2CC[C@H]1[C@@H]1CN(C(=O)c3cnn[nH]3)C[C@@H]12. The van der Waals surface area contributed by atoms with Crippen molar-refractivity contribution in [3.8, 4) is 0 Å². The average molecular weight is 466 g/mol. The van der Waals surface area contributed by atoms with Crippen LogP contribution in [-0.4, -0.2) is 64.1 Å². The smallest absolute Gasteiger partial charge is 0.273 e. The third kappa shape index (κ3) is 2.57. The molecule has 148 valence electrons. The highest BCUT2D eigenvalue weighted by molar-refractivity contribution is 9.10. The summed E-state index contributed by atoms with van der Waals surface area (Å²) in [6.45, 7) is 2.98. The second-order valence-electron chi connectivity index (χ2n) is 7.86. The molecule has 4 atom stereocenters. The number of carbonyl (C=O) groups excluding carboxylic acids is 1. The Balaban J connectivity index is 1.43. The molecule has 1 aromatic heterocycles. The second-order valence-corrected chi connectivity index (χ2v) is 10.6. The van der Waals surface area contributed by atoms with Gasteiger partial charge in [0.25, 0.3) is 5.91 Å². The maximum absolute atomic E-state index is 13.5. The maximum atomic E-state index is 13.5. The van der Waals surface area contributed by atoms with E-state index in [0.717, 1.165) is 22.9 Å². The van der Waals surface area contributed by atoms with Crippen molar-refractivity contribution in [1.29, 1.82) is 0 Å². The molecule has 5 rings (SSSR count). The van der Waals surface area contributed by atoms with Gasteiger partial charge in [-0.05, 0) is 49.3 Å². The molecule has 0 aliphatic carbocycles. The molecule has 8 nitrogen and oxygen atoms in total. The highest BCUT2D eigenvalue weighted by Crippen LogP contribution is 2.51. The summed E-state index contributed by atoms with van der Waals surface area (Å²) in [4.78, 5) is 14.8. The summed E-state index contributed by atoms with van der Waals surface area (Å²) in [6.07, 6.45) is 3.13. The zero-order valence-corrected chi connectivity index (χ0v) is 17.6. The van der Waals surface area contributed by atoms with E-state index in [1.165, 1.54) is 6.20 Å². The zero-order chi connectivity index (χ0) is 19.6. The van der Waals surface area contributed by atoms with Gasteiger partial charge in [0, 0.05) is 29.6 Å². The Hall–Kier alpha value is -1.78. The van der Waals surface area contributed by atoms with Gasteiger partial charge < -0.3 is 4.90 Å². The van der Waals surface area contributed by atoms with Crippen molar-refractivity contribution in [2.45, 2.75) is 36.7 Å². The van der Waals surface area contributed by atoms with E-state index in [2.05, 4.69) is 31.3 Å². The Morgan fingerprint density at radius 2 is 1.89 bits per heavy atom. The molecule has 3 aliphatic heterocycles. The van der Waals surface area contributed by atoms with Crippen LogP contribution in [0.15, 0.2) is 33.8 Å². The van der Waals surface area contributed by atoms with Crippen LogP contribution >= 0.6 is 15.9 Å². The van der Waals surface area contributed by atoms with E-state index in [1.807, 2.05) is 24.0 Å². The monoisotopic (exact) mass is 465 g/mol. The topological polar surface area (TPSA) is 99.3 Å². The number of halogens is 1. The first-order valence-corrected chi connectivity index (χ1v) is 11.6. The number of sulfonamides is 1. The average Bonchev–Trinajstić information content (AvgIpc) is 3.43. The second kappa shape index (κ2) is 6.36. The Kier molecular flexibility index (Phi) is 4.15. The lowest BCUT2D eigenvalue weighted by molar-refractivity contribution is 0.0767. The Bertz CT molecular complexity index is 1020. The highest BCUT2D eigenvalue weighted by atomic mass is 79.9. The molecule has 4 heterocycles. The fourth-order valence-corrected chi connectivity index (χ4v) is 8.00. The summed E-state index contributed by atoms with van der Waals surface area (Å²) in [6, 6.07) is 5.29. The van der Waals surface area contributed by atoms with Crippen LogP contribution in [0.5, 0.6) is 0 Å². The summed E-state index contributed by atoms with van der Waals surface area (Å²) in [7, 11) is -3.58. The van der Waals surface area contributed by atoms with E-state index >= 15 is 0 Å². The van der Waals surface area contributed by atoms with Crippen molar-refractivity contribution in [3.05, 3.63) is 40.1 Å². The fourth-order valence-electron chi connectivity index (χ4n) is 5.28. The number of nitrogens with zero attached hydrogens (tertiary/aromatic N) is 4. The van der Waals surface area contributed by atoms with E-state index in [9.17, 15) is 13.2 Å². The first-order valence-electron chi connectivity index (χ1n) is 9.33. The minimum Gasteiger partial charge on any atom is -0.337 e. The lowest BCUT2D eigenvalue weighted by Gasteiger charge is -2.27. The van der Waals surface area contributed by atoms with Crippen molar-refractivity contribution < 1.29 is 13.2 Å². The van der Waals surface area contributed by atoms with Gasteiger partial charge in [0.05, 0.1) is 11.1 Å². The van der Waals surface area contributed by atoms with Crippen LogP contribution in [0.2, 0.25) is 0 Å². The van der Waals surface area contributed by atoms with Crippen molar-refractivity contribution in [1.82, 2.24) is 24.6 Å². The number of likely N-dealkylation sites (tertiary alicyclic amines) is 1. The third-order valence-electron chi connectivity index (χ3n) is 6.45. The van der Waals surface area contributed by atoms with Crippen LogP contribution in [0.3, 0.4) is 0 Å². The largest absolute Gasteiger partial charge is 0.337 e. The first-order chi connectivity index (χ1) is 13.4. The van der Waals surface area contributed by atoms with Gasteiger partial charge >= 0.3 is 0 Å². The van der Waals surface area contributed by atoms with Crippen LogP contribution in [0.4, 0.5) is 0 Å². The number of amides is 1. The number of aryl methyl sites for hydroxylation is 1. The van der Waals surface area contributed by atoms with Gasteiger partial charge in [-0.1, -0.05) is 27.2 Å². The van der Waals surface area contributed by atoms with Crippen molar-refractivity contribution in [3.63, 3.8) is 0 Å². The van der Waals surface area contributed by atoms with E-state index in [1.54, 1.807) is 10.4 Å². The number of benzene rings is 1. The van der Waals surface area contributed by atoms with E-state index < -0.39 is 10.0 Å². The molecule has 0 unspecified atom stereocenters. The Morgan fingerprint density at radius 3 is 2.50 bits per heavy atom. The number of hydrogen-bond acceptors (Lipinski definition) is 5. The van der Waals surface area contributed by atoms with Crippen molar-refractivity contribution >= 4 is 31.9 Å². The van der Waals surface area contributed by atoms with E-state index in [0.29, 0.717) is 23.7 Å². The number of aromatic amines is 1. The summed E-state index contributed by atoms with van der Waals surface area (Å²) in [5, 5.41) is 9.91. The molecule has 0 saturated carbocycles. The molecule has 10 heteroatoms. The highest BCUT2D eigenvalue weighted by Gasteiger charge is 2.60. The molecular weight excluding hydrogens is 446 g/mol. The van der Waals surface area contributed by atoms with Gasteiger partial charge in [0.15, 0.2) is 0 Å². The zero-order valence-electron chi connectivity index (χ0n) is 15.2. The van der Waals surface area contributed by atoms with Crippen LogP contribution in [0.1, 0.15) is 28.9 Å². The molecule has 0 radical (unpaired) electrons. The number of nitrogens with one attached hydrogen (secondary N) is 1. The summed E-state index contributed by atoms with van der Waals surface area (Å²) >= 11 is 3.39. The third-order valence-corrected chi connectivity index (χ3v) is 9.04. The molecule has 3 aliphatic rings. The van der Waals surface area contributed by atoms with Gasteiger partial charge in [0.1, 0.15) is 5.69 Å². The molecule has 2 aromatic rings. The van der Waals surface area contributed by atoms with Gasteiger partial charge in [-0.2, -0.15) is 4.31 Å². The van der Waals surface area contributed by atoms with Crippen molar-refractivity contribution in [2.24, 2.45) is 11.8 Å². The lowest BCUT2D eigenvalue weighted by atomic mass is 9.82.